The van der Waals surface area contributed by atoms with Crippen molar-refractivity contribution >= 4 is 5.91 Å². The fourth-order valence-electron chi connectivity index (χ4n) is 3.43. The fraction of sp³-hybridized carbons (Fsp3) is 0.526. The molecule has 0 N–H and O–H groups in total. The Balaban J connectivity index is 1.67. The lowest BCUT2D eigenvalue weighted by molar-refractivity contribution is -0.132. The number of hydrogen-bond donors (Lipinski definition) is 0. The quantitative estimate of drug-likeness (QED) is 0.819. The fourth-order valence-corrected chi connectivity index (χ4v) is 3.43. The molecule has 0 bridgehead atoms. The van der Waals surface area contributed by atoms with Gasteiger partial charge in [-0.25, -0.2) is 0 Å². The van der Waals surface area contributed by atoms with E-state index in [2.05, 4.69) is 40.7 Å². The number of likely N-dealkylation sites (tertiary alicyclic amines) is 1. The van der Waals surface area contributed by atoms with Crippen molar-refractivity contribution in [3.63, 3.8) is 0 Å². The molecular weight excluding hydrogens is 300 g/mol. The van der Waals surface area contributed by atoms with E-state index in [9.17, 15) is 4.79 Å². The van der Waals surface area contributed by atoms with Gasteiger partial charge in [0.05, 0.1) is 6.04 Å². The van der Waals surface area contributed by atoms with Gasteiger partial charge >= 0.3 is 0 Å². The topological polar surface area (TPSA) is 51.0 Å². The molecule has 1 saturated heterocycles. The van der Waals surface area contributed by atoms with E-state index in [0.29, 0.717) is 12.3 Å². The summed E-state index contributed by atoms with van der Waals surface area (Å²) >= 11 is 0. The minimum atomic E-state index is 0.0783. The number of hydrogen-bond acceptors (Lipinski definition) is 3. The Kier molecular flexibility index (Phi) is 5.28. The summed E-state index contributed by atoms with van der Waals surface area (Å²) in [6.07, 6.45) is 5.16. The van der Waals surface area contributed by atoms with Crippen molar-refractivity contribution in [3.8, 4) is 0 Å². The van der Waals surface area contributed by atoms with Crippen LogP contribution in [-0.2, 0) is 17.8 Å². The number of aryl methyl sites for hydroxylation is 1. The Bertz CT molecular complexity index is 665. The van der Waals surface area contributed by atoms with Crippen LogP contribution in [0.25, 0.3) is 0 Å². The Hall–Kier alpha value is -2.17. The first-order valence-electron chi connectivity index (χ1n) is 8.86. The first-order valence-corrected chi connectivity index (χ1v) is 8.86. The molecule has 0 spiro atoms. The van der Waals surface area contributed by atoms with Gasteiger partial charge in [0.1, 0.15) is 6.33 Å². The molecule has 0 aliphatic carbocycles. The largest absolute Gasteiger partial charge is 0.332 e. The second-order valence-corrected chi connectivity index (χ2v) is 6.97. The van der Waals surface area contributed by atoms with Crippen LogP contribution in [-0.4, -0.2) is 32.1 Å². The SMILES string of the molecule is CC(C)Cn1cnnc1C1CCCN1C(=O)CCc1ccccc1. The lowest BCUT2D eigenvalue weighted by Gasteiger charge is -2.25. The van der Waals surface area contributed by atoms with Gasteiger partial charge < -0.3 is 9.47 Å². The van der Waals surface area contributed by atoms with Gasteiger partial charge in [-0.15, -0.1) is 10.2 Å². The number of aromatic nitrogens is 3. The summed E-state index contributed by atoms with van der Waals surface area (Å²) in [6, 6.07) is 10.3. The van der Waals surface area contributed by atoms with Gasteiger partial charge in [0, 0.05) is 19.5 Å². The molecule has 1 atom stereocenters. The standard InChI is InChI=1S/C19H26N4O/c1-15(2)13-22-14-20-21-19(22)17-9-6-12-23(17)18(24)11-10-16-7-4-3-5-8-16/h3-5,7-8,14-15,17H,6,9-13H2,1-2H3. The van der Waals surface area contributed by atoms with Crippen molar-refractivity contribution in [1.82, 2.24) is 19.7 Å². The first kappa shape index (κ1) is 16.7. The molecule has 1 aromatic carbocycles. The smallest absolute Gasteiger partial charge is 0.223 e. The first-order chi connectivity index (χ1) is 11.6. The zero-order chi connectivity index (χ0) is 16.9. The van der Waals surface area contributed by atoms with Crippen molar-refractivity contribution in [2.75, 3.05) is 6.54 Å². The summed E-state index contributed by atoms with van der Waals surface area (Å²) in [5.41, 5.74) is 1.21. The van der Waals surface area contributed by atoms with Crippen LogP contribution in [0, 0.1) is 5.92 Å². The monoisotopic (exact) mass is 326 g/mol. The zero-order valence-electron chi connectivity index (χ0n) is 14.6. The number of nitrogens with zero attached hydrogens (tertiary/aromatic N) is 4. The molecule has 0 saturated carbocycles. The van der Waals surface area contributed by atoms with Gasteiger partial charge in [-0.2, -0.15) is 0 Å². The molecule has 2 heterocycles. The van der Waals surface area contributed by atoms with Crippen LogP contribution < -0.4 is 0 Å². The number of amides is 1. The molecule has 0 radical (unpaired) electrons. The van der Waals surface area contributed by atoms with Gasteiger partial charge in [0.2, 0.25) is 5.91 Å². The Morgan fingerprint density at radius 3 is 2.83 bits per heavy atom. The summed E-state index contributed by atoms with van der Waals surface area (Å²) in [5.74, 6) is 1.69. The molecule has 5 nitrogen and oxygen atoms in total. The third kappa shape index (κ3) is 3.83. The average Bonchev–Trinajstić information content (AvgIpc) is 3.21. The zero-order valence-corrected chi connectivity index (χ0v) is 14.6. The van der Waals surface area contributed by atoms with E-state index in [4.69, 9.17) is 0 Å². The van der Waals surface area contributed by atoms with Gasteiger partial charge in [-0.05, 0) is 30.7 Å². The van der Waals surface area contributed by atoms with Crippen LogP contribution in [0.1, 0.15) is 50.5 Å². The molecule has 1 amide bonds. The minimum absolute atomic E-state index is 0.0783. The molecule has 3 rings (SSSR count). The van der Waals surface area contributed by atoms with E-state index in [0.717, 1.165) is 38.2 Å². The lowest BCUT2D eigenvalue weighted by Crippen LogP contribution is -2.32. The lowest BCUT2D eigenvalue weighted by atomic mass is 10.1. The summed E-state index contributed by atoms with van der Waals surface area (Å²) in [5, 5.41) is 8.40. The predicted octanol–water partition coefficient (Wildman–Crippen LogP) is 3.23. The molecule has 5 heteroatoms. The van der Waals surface area contributed by atoms with E-state index in [1.165, 1.54) is 5.56 Å². The van der Waals surface area contributed by atoms with E-state index in [1.54, 1.807) is 6.33 Å². The van der Waals surface area contributed by atoms with Gasteiger partial charge in [-0.1, -0.05) is 44.2 Å². The van der Waals surface area contributed by atoms with Gasteiger partial charge in [0.15, 0.2) is 5.82 Å². The van der Waals surface area contributed by atoms with Crippen LogP contribution in [0.4, 0.5) is 0 Å². The van der Waals surface area contributed by atoms with Gasteiger partial charge in [-0.3, -0.25) is 4.79 Å². The summed E-state index contributed by atoms with van der Waals surface area (Å²) in [4.78, 5) is 14.7. The Morgan fingerprint density at radius 2 is 2.08 bits per heavy atom. The molecule has 128 valence electrons. The van der Waals surface area contributed by atoms with Crippen LogP contribution in [0.5, 0.6) is 0 Å². The number of carbonyl (C=O) groups is 1. The molecule has 1 aliphatic heterocycles. The highest BCUT2D eigenvalue weighted by atomic mass is 16.2. The highest BCUT2D eigenvalue weighted by Gasteiger charge is 2.32. The second-order valence-electron chi connectivity index (χ2n) is 6.97. The molecule has 2 aromatic rings. The predicted molar refractivity (Wildman–Crippen MR) is 93.3 cm³/mol. The molecule has 1 fully saturated rings. The van der Waals surface area contributed by atoms with E-state index in [1.807, 2.05) is 23.1 Å². The van der Waals surface area contributed by atoms with Crippen LogP contribution in [0.2, 0.25) is 0 Å². The summed E-state index contributed by atoms with van der Waals surface area (Å²) in [6.45, 7) is 6.08. The minimum Gasteiger partial charge on any atom is -0.332 e. The van der Waals surface area contributed by atoms with E-state index in [-0.39, 0.29) is 11.9 Å². The summed E-state index contributed by atoms with van der Waals surface area (Å²) in [7, 11) is 0. The highest BCUT2D eigenvalue weighted by molar-refractivity contribution is 5.77. The molecule has 1 unspecified atom stereocenters. The third-order valence-electron chi connectivity index (χ3n) is 4.55. The number of benzene rings is 1. The normalized spacial score (nSPS) is 17.6. The number of carbonyl (C=O) groups excluding carboxylic acids is 1. The molecule has 1 aromatic heterocycles. The second kappa shape index (κ2) is 7.60. The maximum atomic E-state index is 12.7. The Labute approximate surface area is 143 Å². The van der Waals surface area contributed by atoms with Gasteiger partial charge in [0.25, 0.3) is 0 Å². The van der Waals surface area contributed by atoms with Crippen molar-refractivity contribution in [3.05, 3.63) is 48.0 Å². The number of rotatable bonds is 6. The molecule has 24 heavy (non-hydrogen) atoms. The van der Waals surface area contributed by atoms with E-state index >= 15 is 0 Å². The van der Waals surface area contributed by atoms with E-state index < -0.39 is 0 Å². The maximum absolute atomic E-state index is 12.7. The highest BCUT2D eigenvalue weighted by Crippen LogP contribution is 2.31. The Morgan fingerprint density at radius 1 is 1.29 bits per heavy atom. The van der Waals surface area contributed by atoms with Crippen molar-refractivity contribution < 1.29 is 4.79 Å². The van der Waals surface area contributed by atoms with Crippen molar-refractivity contribution in [2.24, 2.45) is 5.92 Å². The molecule has 1 aliphatic rings. The molecular formula is C19H26N4O. The van der Waals surface area contributed by atoms with Crippen LogP contribution in [0.3, 0.4) is 0 Å². The van der Waals surface area contributed by atoms with Crippen LogP contribution >= 0.6 is 0 Å². The maximum Gasteiger partial charge on any atom is 0.223 e. The third-order valence-corrected chi connectivity index (χ3v) is 4.55. The summed E-state index contributed by atoms with van der Waals surface area (Å²) < 4.78 is 2.11. The average molecular weight is 326 g/mol. The van der Waals surface area contributed by atoms with Crippen molar-refractivity contribution in [1.29, 1.82) is 0 Å². The van der Waals surface area contributed by atoms with Crippen molar-refractivity contribution in [2.45, 2.75) is 52.1 Å². The van der Waals surface area contributed by atoms with Crippen LogP contribution in [0.15, 0.2) is 36.7 Å².